The number of Topliss-reactive ketones (excluding diaryl/α,β-unsaturated/α-hetero) is 1. The minimum atomic E-state index is -1.60. The smallest absolute Gasteiger partial charge is 0.422 e. The van der Waals surface area contributed by atoms with Gasteiger partial charge in [-0.2, -0.15) is 0 Å². The largest absolute Gasteiger partial charge is 0.427 e. The molecule has 1 unspecified atom stereocenters. The van der Waals surface area contributed by atoms with Crippen molar-refractivity contribution in [2.45, 2.75) is 26.9 Å². The molecule has 4 rings (SSSR count). The second-order valence-electron chi connectivity index (χ2n) is 7.71. The first kappa shape index (κ1) is 22.1. The van der Waals surface area contributed by atoms with Gasteiger partial charge in [-0.3, -0.25) is 9.59 Å². The van der Waals surface area contributed by atoms with Crippen LogP contribution in [0.2, 0.25) is 10.0 Å². The molecule has 164 valence electrons. The molecule has 0 saturated carbocycles. The maximum atomic E-state index is 13.6. The summed E-state index contributed by atoms with van der Waals surface area (Å²) in [5, 5.41) is 0.505. The van der Waals surface area contributed by atoms with Gasteiger partial charge in [0.15, 0.2) is 0 Å². The summed E-state index contributed by atoms with van der Waals surface area (Å²) in [6.45, 7) is 5.43. The number of nitrogens with zero attached hydrogens (tertiary/aromatic N) is 2. The van der Waals surface area contributed by atoms with E-state index in [1.807, 2.05) is 55.8 Å². The summed E-state index contributed by atoms with van der Waals surface area (Å²) in [7, 11) is 1.85. The molecule has 1 aromatic heterocycles. The van der Waals surface area contributed by atoms with Crippen molar-refractivity contribution in [1.29, 1.82) is 0 Å². The third kappa shape index (κ3) is 3.40. The zero-order chi connectivity index (χ0) is 23.3. The monoisotopic (exact) mass is 470 g/mol. The van der Waals surface area contributed by atoms with Gasteiger partial charge in [-0.05, 0) is 49.6 Å². The number of anilines is 1. The number of ketones is 1. The Bertz CT molecular complexity index is 1280. The quantitative estimate of drug-likeness (QED) is 0.364. The Morgan fingerprint density at radius 1 is 1.00 bits per heavy atom. The molecular weight excluding hydrogens is 451 g/mol. The zero-order valence-corrected chi connectivity index (χ0v) is 19.4. The van der Waals surface area contributed by atoms with Gasteiger partial charge in [-0.15, -0.1) is 0 Å². The van der Waals surface area contributed by atoms with Gasteiger partial charge in [0.1, 0.15) is 0 Å². The van der Waals surface area contributed by atoms with Gasteiger partial charge in [0, 0.05) is 17.8 Å². The standard InChI is InChI=1S/C24H20Cl2N2O4/c1-12-10-18(17(26)11-16(12)25)28-23(30)22(32-24(28)31)21(29)19-13(2)14(3)27(4)20(19)15-8-6-5-7-9-15/h5-11,22H,1-4H3. The van der Waals surface area contributed by atoms with Gasteiger partial charge < -0.3 is 9.30 Å². The summed E-state index contributed by atoms with van der Waals surface area (Å²) in [6, 6.07) is 12.4. The van der Waals surface area contributed by atoms with E-state index >= 15 is 0 Å². The van der Waals surface area contributed by atoms with Crippen molar-refractivity contribution in [2.24, 2.45) is 7.05 Å². The maximum Gasteiger partial charge on any atom is 0.422 e. The van der Waals surface area contributed by atoms with Gasteiger partial charge in [0.2, 0.25) is 11.9 Å². The Hall–Kier alpha value is -3.09. The number of hydrogen-bond donors (Lipinski definition) is 0. The summed E-state index contributed by atoms with van der Waals surface area (Å²) < 4.78 is 7.16. The fourth-order valence-corrected chi connectivity index (χ4v) is 4.39. The van der Waals surface area contributed by atoms with Gasteiger partial charge >= 0.3 is 6.09 Å². The molecule has 0 radical (unpaired) electrons. The van der Waals surface area contributed by atoms with Gasteiger partial charge in [-0.25, -0.2) is 9.69 Å². The first-order valence-corrected chi connectivity index (χ1v) is 10.6. The first-order valence-electron chi connectivity index (χ1n) is 9.89. The number of hydrogen-bond acceptors (Lipinski definition) is 4. The average Bonchev–Trinajstić information content (AvgIpc) is 3.18. The van der Waals surface area contributed by atoms with Gasteiger partial charge in [0.05, 0.1) is 22.0 Å². The molecule has 6 nitrogen and oxygen atoms in total. The predicted molar refractivity (Wildman–Crippen MR) is 124 cm³/mol. The topological polar surface area (TPSA) is 68.6 Å². The molecule has 0 bridgehead atoms. The molecule has 1 saturated heterocycles. The highest BCUT2D eigenvalue weighted by Crippen LogP contribution is 2.37. The lowest BCUT2D eigenvalue weighted by Gasteiger charge is -2.14. The summed E-state index contributed by atoms with van der Waals surface area (Å²) in [5.41, 5.74) is 4.18. The highest BCUT2D eigenvalue weighted by atomic mass is 35.5. The zero-order valence-electron chi connectivity index (χ0n) is 17.9. The van der Waals surface area contributed by atoms with Crippen molar-refractivity contribution >= 4 is 46.7 Å². The highest BCUT2D eigenvalue weighted by Gasteiger charge is 2.48. The van der Waals surface area contributed by atoms with Crippen LogP contribution in [0.25, 0.3) is 11.3 Å². The molecular formula is C24H20Cl2N2O4. The second kappa shape index (κ2) is 8.11. The van der Waals surface area contributed by atoms with Crippen LogP contribution in [0.15, 0.2) is 42.5 Å². The van der Waals surface area contributed by atoms with Crippen LogP contribution >= 0.6 is 23.2 Å². The van der Waals surface area contributed by atoms with Crippen LogP contribution < -0.4 is 4.90 Å². The normalized spacial score (nSPS) is 15.9. The van der Waals surface area contributed by atoms with Crippen LogP contribution in [0.3, 0.4) is 0 Å². The number of cyclic esters (lactones) is 1. The highest BCUT2D eigenvalue weighted by molar-refractivity contribution is 6.39. The van der Waals surface area contributed by atoms with Crippen molar-refractivity contribution in [3.8, 4) is 11.3 Å². The molecule has 0 spiro atoms. The van der Waals surface area contributed by atoms with E-state index in [4.69, 9.17) is 27.9 Å². The molecule has 0 N–H and O–H groups in total. The summed E-state index contributed by atoms with van der Waals surface area (Å²) in [4.78, 5) is 40.2. The Morgan fingerprint density at radius 2 is 1.66 bits per heavy atom. The number of carbonyl (C=O) groups excluding carboxylic acids is 3. The number of rotatable bonds is 4. The minimum absolute atomic E-state index is 0.107. The third-order valence-electron chi connectivity index (χ3n) is 5.84. The van der Waals surface area contributed by atoms with Crippen LogP contribution in [0.4, 0.5) is 10.5 Å². The Balaban J connectivity index is 1.78. The number of aryl methyl sites for hydroxylation is 1. The van der Waals surface area contributed by atoms with E-state index in [1.165, 1.54) is 12.1 Å². The number of amides is 2. The minimum Gasteiger partial charge on any atom is -0.427 e. The lowest BCUT2D eigenvalue weighted by atomic mass is 9.97. The number of ether oxygens (including phenoxy) is 1. The number of benzene rings is 2. The average molecular weight is 471 g/mol. The van der Waals surface area contributed by atoms with Crippen LogP contribution in [0.1, 0.15) is 27.2 Å². The second-order valence-corrected chi connectivity index (χ2v) is 8.53. The number of carbonyl (C=O) groups is 3. The van der Waals surface area contributed by atoms with Crippen molar-refractivity contribution in [3.05, 3.63) is 74.9 Å². The Morgan fingerprint density at radius 3 is 2.31 bits per heavy atom. The number of halogens is 2. The summed E-state index contributed by atoms with van der Waals surface area (Å²) in [5.74, 6) is -1.36. The third-order valence-corrected chi connectivity index (χ3v) is 6.55. The van der Waals surface area contributed by atoms with Gasteiger partial charge in [-0.1, -0.05) is 53.5 Å². The van der Waals surface area contributed by atoms with E-state index < -0.39 is 23.9 Å². The van der Waals surface area contributed by atoms with E-state index in [0.717, 1.165) is 21.7 Å². The van der Waals surface area contributed by atoms with E-state index in [1.54, 1.807) is 6.92 Å². The fraction of sp³-hybridized carbons (Fsp3) is 0.208. The van der Waals surface area contributed by atoms with Crippen molar-refractivity contribution in [2.75, 3.05) is 4.90 Å². The molecule has 1 aliphatic heterocycles. The van der Waals surface area contributed by atoms with Crippen LogP contribution in [-0.2, 0) is 16.6 Å². The van der Waals surface area contributed by atoms with Crippen LogP contribution in [0, 0.1) is 20.8 Å². The molecule has 3 aromatic rings. The Labute approximate surface area is 195 Å². The number of imide groups is 1. The lowest BCUT2D eigenvalue weighted by Crippen LogP contribution is -2.35. The predicted octanol–water partition coefficient (Wildman–Crippen LogP) is 5.66. The van der Waals surface area contributed by atoms with Crippen LogP contribution in [0.5, 0.6) is 0 Å². The summed E-state index contributed by atoms with van der Waals surface area (Å²) in [6.07, 6.45) is -2.55. The molecule has 2 aromatic carbocycles. The van der Waals surface area contributed by atoms with E-state index in [2.05, 4.69) is 0 Å². The van der Waals surface area contributed by atoms with E-state index in [0.29, 0.717) is 21.8 Å². The molecule has 0 aliphatic carbocycles. The van der Waals surface area contributed by atoms with Crippen molar-refractivity contribution < 1.29 is 19.1 Å². The molecule has 2 heterocycles. The Kier molecular flexibility index (Phi) is 5.61. The first-order chi connectivity index (χ1) is 15.1. The molecule has 1 atom stereocenters. The fourth-order valence-electron chi connectivity index (χ4n) is 3.92. The van der Waals surface area contributed by atoms with E-state index in [-0.39, 0.29) is 10.7 Å². The molecule has 2 amide bonds. The van der Waals surface area contributed by atoms with E-state index in [9.17, 15) is 14.4 Å². The van der Waals surface area contributed by atoms with Crippen molar-refractivity contribution in [3.63, 3.8) is 0 Å². The molecule has 8 heteroatoms. The number of aromatic nitrogens is 1. The van der Waals surface area contributed by atoms with Crippen LogP contribution in [-0.4, -0.2) is 28.5 Å². The molecule has 32 heavy (non-hydrogen) atoms. The molecule has 1 fully saturated rings. The summed E-state index contributed by atoms with van der Waals surface area (Å²) >= 11 is 12.3. The molecule has 1 aliphatic rings. The maximum absolute atomic E-state index is 13.6. The lowest BCUT2D eigenvalue weighted by molar-refractivity contribution is -0.120. The SMILES string of the molecule is Cc1cc(N2C(=O)OC(C(=O)c3c(C)c(C)n(C)c3-c3ccccc3)C2=O)c(Cl)cc1Cl. The van der Waals surface area contributed by atoms with Crippen molar-refractivity contribution in [1.82, 2.24) is 4.57 Å². The van der Waals surface area contributed by atoms with Gasteiger partial charge in [0.25, 0.3) is 5.91 Å².